The molecule has 0 spiro atoms. The Labute approximate surface area is 134 Å². The van der Waals surface area contributed by atoms with Crippen molar-refractivity contribution in [1.82, 2.24) is 10.2 Å². The lowest BCUT2D eigenvalue weighted by Gasteiger charge is -2.34. The molecule has 0 aromatic heterocycles. The first-order valence-electron chi connectivity index (χ1n) is 8.25. The van der Waals surface area contributed by atoms with Crippen molar-refractivity contribution in [1.29, 1.82) is 0 Å². The molecular formula is C18H29ClN2. The van der Waals surface area contributed by atoms with E-state index in [4.69, 9.17) is 11.6 Å². The highest BCUT2D eigenvalue weighted by atomic mass is 35.5. The molecule has 1 aliphatic heterocycles. The summed E-state index contributed by atoms with van der Waals surface area (Å²) in [6, 6.07) is 8.65. The molecule has 1 aromatic rings. The summed E-state index contributed by atoms with van der Waals surface area (Å²) in [7, 11) is 2.05. The molecule has 1 fully saturated rings. The molecule has 1 saturated heterocycles. The molecule has 1 N–H and O–H groups in total. The van der Waals surface area contributed by atoms with Gasteiger partial charge in [-0.05, 0) is 75.5 Å². The van der Waals surface area contributed by atoms with Crippen LogP contribution in [0.1, 0.15) is 44.7 Å². The summed E-state index contributed by atoms with van der Waals surface area (Å²) in [5.41, 5.74) is 1.33. The van der Waals surface area contributed by atoms with Gasteiger partial charge in [-0.15, -0.1) is 0 Å². The van der Waals surface area contributed by atoms with Crippen LogP contribution in [0.3, 0.4) is 0 Å². The smallest absolute Gasteiger partial charge is 0.0406 e. The minimum atomic E-state index is 0.421. The maximum absolute atomic E-state index is 5.97. The Balaban J connectivity index is 1.80. The van der Waals surface area contributed by atoms with Crippen LogP contribution in [0, 0.1) is 11.8 Å². The molecule has 0 bridgehead atoms. The number of hydrogen-bond acceptors (Lipinski definition) is 2. The second-order valence-corrected chi connectivity index (χ2v) is 7.04. The minimum Gasteiger partial charge on any atom is -0.313 e. The van der Waals surface area contributed by atoms with Crippen LogP contribution < -0.4 is 5.32 Å². The van der Waals surface area contributed by atoms with Gasteiger partial charge in [0.2, 0.25) is 0 Å². The monoisotopic (exact) mass is 308 g/mol. The third-order valence-corrected chi connectivity index (χ3v) is 5.18. The van der Waals surface area contributed by atoms with Crippen molar-refractivity contribution in [2.24, 2.45) is 11.8 Å². The fraction of sp³-hybridized carbons (Fsp3) is 0.667. The summed E-state index contributed by atoms with van der Waals surface area (Å²) < 4.78 is 0. The first-order chi connectivity index (χ1) is 10.1. The Hall–Kier alpha value is -0.570. The van der Waals surface area contributed by atoms with Crippen LogP contribution in [0.25, 0.3) is 0 Å². The van der Waals surface area contributed by atoms with Crippen molar-refractivity contribution >= 4 is 11.6 Å². The van der Waals surface area contributed by atoms with Crippen LogP contribution in [0.5, 0.6) is 0 Å². The predicted molar refractivity (Wildman–Crippen MR) is 91.9 cm³/mol. The predicted octanol–water partition coefficient (Wildman–Crippen LogP) is 4.36. The van der Waals surface area contributed by atoms with E-state index in [-0.39, 0.29) is 0 Å². The van der Waals surface area contributed by atoms with Gasteiger partial charge in [-0.1, -0.05) is 37.6 Å². The second-order valence-electron chi connectivity index (χ2n) is 6.60. The third-order valence-electron chi connectivity index (χ3n) is 4.93. The molecule has 0 radical (unpaired) electrons. The molecule has 118 valence electrons. The maximum atomic E-state index is 5.97. The molecule has 1 heterocycles. The topological polar surface area (TPSA) is 15.3 Å². The molecule has 2 rings (SSSR count). The lowest BCUT2D eigenvalue weighted by atomic mass is 9.86. The molecule has 21 heavy (non-hydrogen) atoms. The number of halogens is 1. The molecule has 0 aliphatic carbocycles. The highest BCUT2D eigenvalue weighted by molar-refractivity contribution is 6.30. The van der Waals surface area contributed by atoms with Gasteiger partial charge in [-0.3, -0.25) is 0 Å². The Morgan fingerprint density at radius 1 is 1.19 bits per heavy atom. The van der Waals surface area contributed by atoms with E-state index in [1.54, 1.807) is 0 Å². The van der Waals surface area contributed by atoms with Gasteiger partial charge < -0.3 is 10.2 Å². The summed E-state index contributed by atoms with van der Waals surface area (Å²) in [6.07, 6.45) is 3.89. The number of likely N-dealkylation sites (tertiary alicyclic amines) is 1. The number of rotatable bonds is 6. The first kappa shape index (κ1) is 16.8. The summed E-state index contributed by atoms with van der Waals surface area (Å²) in [6.45, 7) is 8.43. The van der Waals surface area contributed by atoms with Gasteiger partial charge in [0.25, 0.3) is 0 Å². The fourth-order valence-corrected chi connectivity index (χ4v) is 3.45. The second kappa shape index (κ2) is 8.17. The zero-order chi connectivity index (χ0) is 15.2. The van der Waals surface area contributed by atoms with E-state index in [2.05, 4.69) is 36.2 Å². The number of piperidine rings is 1. The molecule has 1 aliphatic rings. The van der Waals surface area contributed by atoms with Crippen LogP contribution in [0.15, 0.2) is 24.3 Å². The van der Waals surface area contributed by atoms with E-state index in [0.717, 1.165) is 23.3 Å². The number of hydrogen-bond donors (Lipinski definition) is 1. The minimum absolute atomic E-state index is 0.421. The number of nitrogens with zero attached hydrogens (tertiary/aromatic N) is 1. The Morgan fingerprint density at radius 2 is 1.81 bits per heavy atom. The Morgan fingerprint density at radius 3 is 2.33 bits per heavy atom. The van der Waals surface area contributed by atoms with Crippen LogP contribution in [-0.4, -0.2) is 31.6 Å². The van der Waals surface area contributed by atoms with E-state index in [9.17, 15) is 0 Å². The van der Waals surface area contributed by atoms with E-state index in [0.29, 0.717) is 6.04 Å². The lowest BCUT2D eigenvalue weighted by Crippen LogP contribution is -2.37. The van der Waals surface area contributed by atoms with Gasteiger partial charge in [0.15, 0.2) is 0 Å². The van der Waals surface area contributed by atoms with E-state index in [1.807, 2.05) is 19.2 Å². The highest BCUT2D eigenvalue weighted by Crippen LogP contribution is 2.25. The molecular weight excluding hydrogens is 280 g/mol. The van der Waals surface area contributed by atoms with E-state index < -0.39 is 0 Å². The normalized spacial score (nSPS) is 19.1. The van der Waals surface area contributed by atoms with Crippen LogP contribution in [0.2, 0.25) is 5.02 Å². The molecule has 0 amide bonds. The molecule has 1 unspecified atom stereocenters. The van der Waals surface area contributed by atoms with Crippen LogP contribution in [0.4, 0.5) is 0 Å². The largest absolute Gasteiger partial charge is 0.313 e. The average molecular weight is 309 g/mol. The zero-order valence-corrected chi connectivity index (χ0v) is 14.4. The summed E-state index contributed by atoms with van der Waals surface area (Å²) in [5.74, 6) is 1.77. The van der Waals surface area contributed by atoms with Crippen molar-refractivity contribution in [3.8, 4) is 0 Å². The van der Waals surface area contributed by atoms with Gasteiger partial charge in [-0.25, -0.2) is 0 Å². The quantitative estimate of drug-likeness (QED) is 0.840. The van der Waals surface area contributed by atoms with Gasteiger partial charge in [0.05, 0.1) is 0 Å². The Bertz CT molecular complexity index is 408. The third kappa shape index (κ3) is 4.98. The molecule has 2 nitrogen and oxygen atoms in total. The molecule has 0 saturated carbocycles. The zero-order valence-electron chi connectivity index (χ0n) is 13.6. The summed E-state index contributed by atoms with van der Waals surface area (Å²) in [5, 5.41) is 4.24. The first-order valence-corrected chi connectivity index (χ1v) is 8.63. The molecule has 1 atom stereocenters. The van der Waals surface area contributed by atoms with Gasteiger partial charge >= 0.3 is 0 Å². The van der Waals surface area contributed by atoms with Gasteiger partial charge in [-0.2, -0.15) is 0 Å². The molecule has 3 heteroatoms. The molecule has 1 aromatic carbocycles. The van der Waals surface area contributed by atoms with Crippen molar-refractivity contribution in [2.75, 3.05) is 26.7 Å². The van der Waals surface area contributed by atoms with Crippen molar-refractivity contribution in [3.05, 3.63) is 34.9 Å². The summed E-state index contributed by atoms with van der Waals surface area (Å²) >= 11 is 5.97. The van der Waals surface area contributed by atoms with Crippen molar-refractivity contribution < 1.29 is 0 Å². The van der Waals surface area contributed by atoms with Gasteiger partial charge in [0.1, 0.15) is 0 Å². The fourth-order valence-electron chi connectivity index (χ4n) is 3.33. The number of nitrogens with one attached hydrogen (secondary N) is 1. The lowest BCUT2D eigenvalue weighted by molar-refractivity contribution is 0.153. The Kier molecular flexibility index (Phi) is 6.53. The van der Waals surface area contributed by atoms with Crippen molar-refractivity contribution in [2.45, 2.75) is 39.2 Å². The SMILES string of the molecule is CNC(CCN1CCC(C(C)C)CC1)c1ccc(Cl)cc1. The van der Waals surface area contributed by atoms with Crippen LogP contribution >= 0.6 is 11.6 Å². The van der Waals surface area contributed by atoms with E-state index in [1.165, 1.54) is 38.0 Å². The van der Waals surface area contributed by atoms with Gasteiger partial charge in [0, 0.05) is 11.1 Å². The van der Waals surface area contributed by atoms with E-state index >= 15 is 0 Å². The summed E-state index contributed by atoms with van der Waals surface area (Å²) in [4.78, 5) is 2.62. The van der Waals surface area contributed by atoms with Crippen molar-refractivity contribution in [3.63, 3.8) is 0 Å². The van der Waals surface area contributed by atoms with Crippen LogP contribution in [-0.2, 0) is 0 Å². The average Bonchev–Trinajstić information content (AvgIpc) is 2.50. The maximum Gasteiger partial charge on any atom is 0.0406 e. The number of benzene rings is 1. The highest BCUT2D eigenvalue weighted by Gasteiger charge is 2.22. The standard InChI is InChI=1S/C18H29ClN2/c1-14(2)15-8-11-21(12-9-15)13-10-18(20-3)16-4-6-17(19)7-5-16/h4-7,14-15,18,20H,8-13H2,1-3H3.